The van der Waals surface area contributed by atoms with Gasteiger partial charge in [0, 0.05) is 17.6 Å². The Labute approximate surface area is 217 Å². The number of nitrogens with zero attached hydrogens (tertiary/aromatic N) is 2. The lowest BCUT2D eigenvalue weighted by atomic mass is 10.1. The first kappa shape index (κ1) is 28.7. The average Bonchev–Trinajstić information content (AvgIpc) is 2.77. The van der Waals surface area contributed by atoms with Crippen LogP contribution in [0.2, 0.25) is 10.0 Å². The summed E-state index contributed by atoms with van der Waals surface area (Å²) in [6, 6.07) is 10.5. The first-order valence-corrected chi connectivity index (χ1v) is 13.6. The summed E-state index contributed by atoms with van der Waals surface area (Å²) in [4.78, 5) is 28.0. The number of methoxy groups -OCH3 is 1. The molecular formula is C24H31Cl2N3O5S. The number of hydrogen-bond acceptors (Lipinski definition) is 5. The molecule has 1 unspecified atom stereocenters. The van der Waals surface area contributed by atoms with E-state index < -0.39 is 28.5 Å². The maximum Gasteiger partial charge on any atom is 0.244 e. The highest BCUT2D eigenvalue weighted by Crippen LogP contribution is 2.30. The van der Waals surface area contributed by atoms with E-state index in [1.165, 1.54) is 23.1 Å². The number of rotatable bonds is 11. The topological polar surface area (TPSA) is 96.0 Å². The van der Waals surface area contributed by atoms with Gasteiger partial charge in [0.25, 0.3) is 0 Å². The second kappa shape index (κ2) is 12.5. The smallest absolute Gasteiger partial charge is 0.244 e. The fourth-order valence-electron chi connectivity index (χ4n) is 3.51. The second-order valence-corrected chi connectivity index (χ2v) is 11.1. The van der Waals surface area contributed by atoms with Crippen molar-refractivity contribution in [2.45, 2.75) is 45.8 Å². The molecule has 2 aromatic rings. The van der Waals surface area contributed by atoms with Crippen LogP contribution in [0, 0.1) is 0 Å². The molecule has 0 saturated carbocycles. The van der Waals surface area contributed by atoms with E-state index in [0.29, 0.717) is 17.2 Å². The van der Waals surface area contributed by atoms with Crippen LogP contribution in [0.1, 0.15) is 32.8 Å². The zero-order valence-corrected chi connectivity index (χ0v) is 22.7. The molecule has 0 heterocycles. The molecule has 0 aromatic heterocycles. The largest absolute Gasteiger partial charge is 0.497 e. The normalized spacial score (nSPS) is 12.2. The van der Waals surface area contributed by atoms with E-state index in [4.69, 9.17) is 27.9 Å². The van der Waals surface area contributed by atoms with E-state index in [9.17, 15) is 18.0 Å². The van der Waals surface area contributed by atoms with Gasteiger partial charge >= 0.3 is 0 Å². The Bertz CT molecular complexity index is 1140. The first-order chi connectivity index (χ1) is 16.4. The number of sulfonamides is 1. The number of carbonyl (C=O) groups excluding carboxylic acids is 2. The fourth-order valence-corrected chi connectivity index (χ4v) is 4.93. The summed E-state index contributed by atoms with van der Waals surface area (Å²) in [5.74, 6) is -0.223. The Morgan fingerprint density at radius 3 is 2.20 bits per heavy atom. The van der Waals surface area contributed by atoms with E-state index in [0.717, 1.165) is 16.1 Å². The van der Waals surface area contributed by atoms with Crippen LogP contribution in [0.15, 0.2) is 42.5 Å². The van der Waals surface area contributed by atoms with Crippen molar-refractivity contribution >= 4 is 50.7 Å². The lowest BCUT2D eigenvalue weighted by molar-refractivity contribution is -0.140. The quantitative estimate of drug-likeness (QED) is 0.460. The highest BCUT2D eigenvalue weighted by Gasteiger charge is 2.32. The SMILES string of the molecule is CCC(C(=O)NC(C)C)N(Cc1ccc(OC)cc1)C(=O)CN(c1ccc(Cl)cc1Cl)S(C)(=O)=O. The van der Waals surface area contributed by atoms with Crippen molar-refractivity contribution in [3.8, 4) is 5.75 Å². The number of nitrogens with one attached hydrogen (secondary N) is 1. The van der Waals surface area contributed by atoms with Crippen molar-refractivity contribution < 1.29 is 22.7 Å². The molecule has 0 fully saturated rings. The number of ether oxygens (including phenoxy) is 1. The van der Waals surface area contributed by atoms with E-state index in [-0.39, 0.29) is 29.2 Å². The standard InChI is InChI=1S/C24H31Cl2N3O5S/c1-6-21(24(31)27-16(2)3)28(14-17-7-10-19(34-4)11-8-17)23(30)15-29(35(5,32)33)22-12-9-18(25)13-20(22)26/h7-13,16,21H,6,14-15H2,1-5H3,(H,27,31). The molecule has 0 bridgehead atoms. The summed E-state index contributed by atoms with van der Waals surface area (Å²) in [6.07, 6.45) is 1.32. The number of benzene rings is 2. The van der Waals surface area contributed by atoms with Crippen molar-refractivity contribution in [1.29, 1.82) is 0 Å². The molecule has 0 aliphatic carbocycles. The number of carbonyl (C=O) groups is 2. The van der Waals surface area contributed by atoms with Gasteiger partial charge in [-0.15, -0.1) is 0 Å². The van der Waals surface area contributed by atoms with E-state index in [1.54, 1.807) is 38.3 Å². The summed E-state index contributed by atoms with van der Waals surface area (Å²) in [5.41, 5.74) is 0.876. The van der Waals surface area contributed by atoms with E-state index >= 15 is 0 Å². The summed E-state index contributed by atoms with van der Waals surface area (Å²) < 4.78 is 31.4. The van der Waals surface area contributed by atoms with E-state index in [1.807, 2.05) is 13.8 Å². The van der Waals surface area contributed by atoms with Gasteiger partial charge in [-0.1, -0.05) is 42.3 Å². The van der Waals surface area contributed by atoms with Crippen LogP contribution < -0.4 is 14.4 Å². The third-order valence-corrected chi connectivity index (χ3v) is 6.85. The minimum atomic E-state index is -3.89. The van der Waals surface area contributed by atoms with Gasteiger partial charge in [-0.05, 0) is 56.2 Å². The Balaban J connectivity index is 2.46. The molecule has 35 heavy (non-hydrogen) atoms. The summed E-state index contributed by atoms with van der Waals surface area (Å²) >= 11 is 12.2. The molecule has 192 valence electrons. The molecule has 0 saturated heterocycles. The lowest BCUT2D eigenvalue weighted by Gasteiger charge is -2.33. The molecular weight excluding hydrogens is 513 g/mol. The molecule has 2 rings (SSSR count). The van der Waals surface area contributed by atoms with Crippen molar-refractivity contribution in [1.82, 2.24) is 10.2 Å². The van der Waals surface area contributed by atoms with Crippen molar-refractivity contribution in [2.24, 2.45) is 0 Å². The molecule has 0 aliphatic rings. The highest BCUT2D eigenvalue weighted by atomic mass is 35.5. The zero-order chi connectivity index (χ0) is 26.3. The van der Waals surface area contributed by atoms with Crippen LogP contribution in [-0.4, -0.2) is 57.1 Å². The molecule has 0 radical (unpaired) electrons. The highest BCUT2D eigenvalue weighted by molar-refractivity contribution is 7.92. The maximum absolute atomic E-state index is 13.6. The fraction of sp³-hybridized carbons (Fsp3) is 0.417. The molecule has 2 aromatic carbocycles. The van der Waals surface area contributed by atoms with Gasteiger partial charge in [0.15, 0.2) is 0 Å². The van der Waals surface area contributed by atoms with Crippen LogP contribution in [0.25, 0.3) is 0 Å². The third kappa shape index (κ3) is 8.02. The molecule has 2 amide bonds. The molecule has 0 spiro atoms. The van der Waals surface area contributed by atoms with Crippen LogP contribution in [0.5, 0.6) is 5.75 Å². The van der Waals surface area contributed by atoms with Gasteiger partial charge in [-0.25, -0.2) is 8.42 Å². The van der Waals surface area contributed by atoms with Gasteiger partial charge in [-0.2, -0.15) is 0 Å². The summed E-state index contributed by atoms with van der Waals surface area (Å²) in [5, 5.41) is 3.26. The molecule has 1 atom stereocenters. The van der Waals surface area contributed by atoms with Gasteiger partial charge in [-0.3, -0.25) is 13.9 Å². The van der Waals surface area contributed by atoms with Crippen LogP contribution in [-0.2, 0) is 26.2 Å². The number of anilines is 1. The number of hydrogen-bond donors (Lipinski definition) is 1. The average molecular weight is 545 g/mol. The zero-order valence-electron chi connectivity index (χ0n) is 20.4. The van der Waals surface area contributed by atoms with Crippen LogP contribution in [0.4, 0.5) is 5.69 Å². The summed E-state index contributed by atoms with van der Waals surface area (Å²) in [7, 11) is -2.34. The van der Waals surface area contributed by atoms with Gasteiger partial charge in [0.1, 0.15) is 18.3 Å². The lowest BCUT2D eigenvalue weighted by Crippen LogP contribution is -2.53. The molecule has 1 N–H and O–H groups in total. The Morgan fingerprint density at radius 1 is 1.09 bits per heavy atom. The Morgan fingerprint density at radius 2 is 1.71 bits per heavy atom. The van der Waals surface area contributed by atoms with E-state index in [2.05, 4.69) is 5.32 Å². The van der Waals surface area contributed by atoms with Gasteiger partial charge in [0.2, 0.25) is 21.8 Å². The maximum atomic E-state index is 13.6. The number of amides is 2. The second-order valence-electron chi connectivity index (χ2n) is 8.32. The van der Waals surface area contributed by atoms with Gasteiger partial charge in [0.05, 0.1) is 24.1 Å². The predicted molar refractivity (Wildman–Crippen MR) is 140 cm³/mol. The van der Waals surface area contributed by atoms with Crippen molar-refractivity contribution in [3.05, 3.63) is 58.1 Å². The molecule has 0 aliphatic heterocycles. The van der Waals surface area contributed by atoms with Crippen LogP contribution in [0.3, 0.4) is 0 Å². The Kier molecular flexibility index (Phi) is 10.2. The van der Waals surface area contributed by atoms with Gasteiger partial charge < -0.3 is 15.0 Å². The molecule has 11 heteroatoms. The monoisotopic (exact) mass is 543 g/mol. The molecule has 8 nitrogen and oxygen atoms in total. The van der Waals surface area contributed by atoms with Crippen LogP contribution >= 0.6 is 23.2 Å². The Hall–Kier alpha value is -2.49. The predicted octanol–water partition coefficient (Wildman–Crippen LogP) is 4.10. The summed E-state index contributed by atoms with van der Waals surface area (Å²) in [6.45, 7) is 5.01. The van der Waals surface area contributed by atoms with Crippen molar-refractivity contribution in [2.75, 3.05) is 24.2 Å². The minimum absolute atomic E-state index is 0.0852. The first-order valence-electron chi connectivity index (χ1n) is 11.0. The number of halogens is 2. The minimum Gasteiger partial charge on any atom is -0.497 e. The van der Waals surface area contributed by atoms with Crippen molar-refractivity contribution in [3.63, 3.8) is 0 Å². The third-order valence-electron chi connectivity index (χ3n) is 5.19.